The van der Waals surface area contributed by atoms with E-state index in [0.717, 1.165) is 52.5 Å². The third-order valence-corrected chi connectivity index (χ3v) is 9.09. The van der Waals surface area contributed by atoms with Crippen LogP contribution in [0.5, 0.6) is 11.5 Å². The summed E-state index contributed by atoms with van der Waals surface area (Å²) < 4.78 is 25.5. The number of halogens is 1. The maximum absolute atomic E-state index is 13.5. The first kappa shape index (κ1) is 31.5. The molecule has 46 heavy (non-hydrogen) atoms. The molecule has 6 rings (SSSR count). The zero-order valence-corrected chi connectivity index (χ0v) is 26.5. The van der Waals surface area contributed by atoms with E-state index in [9.17, 15) is 14.3 Å². The van der Waals surface area contributed by atoms with Gasteiger partial charge in [-0.15, -0.1) is 0 Å². The van der Waals surface area contributed by atoms with Crippen LogP contribution in [0.1, 0.15) is 34.3 Å². The third-order valence-electron chi connectivity index (χ3n) is 9.09. The molecule has 0 atom stereocenters. The Balaban J connectivity index is 1.22. The molecule has 2 aliphatic heterocycles. The SMILES string of the molecule is COc1ccccc1N1CCC(O)(CN2CCOc3ccc(-c4ccc(F)nc4)cc3Cc3cccc(c3)C(=O)N(C)CC2)CC1. The monoisotopic (exact) mass is 624 g/mol. The van der Waals surface area contributed by atoms with E-state index in [2.05, 4.69) is 20.9 Å². The van der Waals surface area contributed by atoms with Crippen molar-refractivity contribution in [2.45, 2.75) is 24.9 Å². The summed E-state index contributed by atoms with van der Waals surface area (Å²) in [6.45, 7) is 4.06. The van der Waals surface area contributed by atoms with Gasteiger partial charge >= 0.3 is 0 Å². The second kappa shape index (κ2) is 13.9. The molecule has 0 radical (unpaired) electrons. The van der Waals surface area contributed by atoms with Crippen molar-refractivity contribution < 1.29 is 23.8 Å². The molecule has 0 unspecified atom stereocenters. The van der Waals surface area contributed by atoms with Gasteiger partial charge in [-0.2, -0.15) is 4.39 Å². The number of hydrogen-bond donors (Lipinski definition) is 1. The van der Waals surface area contributed by atoms with Crippen LogP contribution in [0.25, 0.3) is 11.1 Å². The fourth-order valence-corrected chi connectivity index (χ4v) is 6.42. The lowest BCUT2D eigenvalue weighted by atomic mass is 9.90. The number of ether oxygens (including phenoxy) is 2. The maximum atomic E-state index is 13.5. The molecule has 0 spiro atoms. The molecule has 9 heteroatoms. The zero-order valence-electron chi connectivity index (χ0n) is 26.5. The Morgan fingerprint density at radius 1 is 0.913 bits per heavy atom. The number of anilines is 1. The van der Waals surface area contributed by atoms with Crippen LogP contribution < -0.4 is 14.4 Å². The van der Waals surface area contributed by atoms with Gasteiger partial charge in [0.2, 0.25) is 5.95 Å². The van der Waals surface area contributed by atoms with Crippen molar-refractivity contribution in [3.63, 3.8) is 0 Å². The van der Waals surface area contributed by atoms with E-state index in [1.54, 1.807) is 18.1 Å². The van der Waals surface area contributed by atoms with Crippen molar-refractivity contribution >= 4 is 11.6 Å². The Kier molecular flexibility index (Phi) is 9.51. The predicted octanol–water partition coefficient (Wildman–Crippen LogP) is 5.29. The lowest BCUT2D eigenvalue weighted by Gasteiger charge is -2.42. The van der Waals surface area contributed by atoms with Crippen LogP contribution in [0.15, 0.2) is 85.1 Å². The number of pyridine rings is 1. The fourth-order valence-electron chi connectivity index (χ4n) is 6.42. The van der Waals surface area contributed by atoms with E-state index in [4.69, 9.17) is 9.47 Å². The number of aliphatic hydroxyl groups is 1. The van der Waals surface area contributed by atoms with Crippen LogP contribution in [0.3, 0.4) is 0 Å². The minimum atomic E-state index is -0.864. The molecule has 1 aromatic heterocycles. The Morgan fingerprint density at radius 2 is 1.72 bits per heavy atom. The van der Waals surface area contributed by atoms with Crippen LogP contribution in [-0.4, -0.2) is 91.4 Å². The molecule has 240 valence electrons. The van der Waals surface area contributed by atoms with E-state index in [0.29, 0.717) is 57.6 Å². The lowest BCUT2D eigenvalue weighted by Crippen LogP contribution is -2.52. The number of β-amino-alcohol motifs (C(OH)–C–C–N with tert-alkyl or cyclic N) is 1. The zero-order chi connectivity index (χ0) is 32.1. The van der Waals surface area contributed by atoms with Crippen molar-refractivity contribution in [3.8, 4) is 22.6 Å². The molecule has 3 heterocycles. The number of likely N-dealkylation sites (N-methyl/N-ethyl adjacent to an activating group) is 1. The van der Waals surface area contributed by atoms with Gasteiger partial charge in [-0.05, 0) is 78.1 Å². The number of amides is 1. The Bertz CT molecular complexity index is 1660. The number of para-hydroxylation sites is 2. The molecule has 4 aromatic rings. The molecule has 8 nitrogen and oxygen atoms in total. The summed E-state index contributed by atoms with van der Waals surface area (Å²) in [5.41, 5.74) is 4.49. The van der Waals surface area contributed by atoms with Gasteiger partial charge in [-0.3, -0.25) is 9.69 Å². The Morgan fingerprint density at radius 3 is 2.50 bits per heavy atom. The first-order chi connectivity index (χ1) is 22.3. The first-order valence-corrected chi connectivity index (χ1v) is 15.8. The average molecular weight is 625 g/mol. The van der Waals surface area contributed by atoms with E-state index in [-0.39, 0.29) is 5.91 Å². The largest absolute Gasteiger partial charge is 0.495 e. The molecule has 3 aromatic carbocycles. The van der Waals surface area contributed by atoms with Crippen molar-refractivity contribution in [1.82, 2.24) is 14.8 Å². The number of piperidine rings is 1. The first-order valence-electron chi connectivity index (χ1n) is 15.8. The quantitative estimate of drug-likeness (QED) is 0.303. The number of methoxy groups -OCH3 is 1. The Labute approximate surface area is 270 Å². The number of nitrogens with zero attached hydrogens (tertiary/aromatic N) is 4. The van der Waals surface area contributed by atoms with Crippen LogP contribution >= 0.6 is 0 Å². The minimum Gasteiger partial charge on any atom is -0.495 e. The smallest absolute Gasteiger partial charge is 0.253 e. The lowest BCUT2D eigenvalue weighted by molar-refractivity contribution is -0.0195. The van der Waals surface area contributed by atoms with Gasteiger partial charge < -0.3 is 24.4 Å². The Hall–Kier alpha value is -4.47. The van der Waals surface area contributed by atoms with Gasteiger partial charge in [0.15, 0.2) is 0 Å². The number of benzene rings is 3. The summed E-state index contributed by atoms with van der Waals surface area (Å²) in [5, 5.41) is 11.8. The fraction of sp³-hybridized carbons (Fsp3) is 0.351. The maximum Gasteiger partial charge on any atom is 0.253 e. The number of rotatable bonds is 5. The third kappa shape index (κ3) is 7.32. The summed E-state index contributed by atoms with van der Waals surface area (Å²) >= 11 is 0. The normalized spacial score (nSPS) is 17.5. The summed E-state index contributed by atoms with van der Waals surface area (Å²) in [6.07, 6.45) is 3.33. The van der Waals surface area contributed by atoms with Gasteiger partial charge in [-0.25, -0.2) is 4.98 Å². The molecule has 1 fully saturated rings. The number of carbonyl (C=O) groups excluding carboxylic acids is 1. The predicted molar refractivity (Wildman–Crippen MR) is 177 cm³/mol. The van der Waals surface area contributed by atoms with Gasteiger partial charge in [0.25, 0.3) is 5.91 Å². The summed E-state index contributed by atoms with van der Waals surface area (Å²) in [6, 6.07) is 24.7. The number of aromatic nitrogens is 1. The van der Waals surface area contributed by atoms with Crippen molar-refractivity contribution in [1.29, 1.82) is 0 Å². The van der Waals surface area contributed by atoms with Gasteiger partial charge in [0.05, 0.1) is 18.4 Å². The minimum absolute atomic E-state index is 0.0368. The van der Waals surface area contributed by atoms with Gasteiger partial charge in [-0.1, -0.05) is 30.3 Å². The highest BCUT2D eigenvalue weighted by atomic mass is 19.1. The van der Waals surface area contributed by atoms with Crippen molar-refractivity contribution in [3.05, 3.63) is 108 Å². The summed E-state index contributed by atoms with van der Waals surface area (Å²) in [5.74, 6) is 1.03. The highest BCUT2D eigenvalue weighted by Gasteiger charge is 2.35. The van der Waals surface area contributed by atoms with E-state index >= 15 is 0 Å². The summed E-state index contributed by atoms with van der Waals surface area (Å²) in [7, 11) is 3.51. The standard InChI is InChI=1S/C37H41FN4O4/c1-40-18-19-41(26-37(44)14-16-42(17-15-37)32-8-3-4-9-34(32)45-2)20-21-46-33-12-10-28(30-11-13-35(38)39-25-30)24-31(33)23-27-6-5-7-29(22-27)36(40)43/h3-13,22,24-25,44H,14-21,23,26H2,1-2H3. The highest BCUT2D eigenvalue weighted by Crippen LogP contribution is 2.33. The molecule has 0 saturated carbocycles. The molecule has 1 saturated heterocycles. The van der Waals surface area contributed by atoms with Crippen LogP contribution in [0.4, 0.5) is 10.1 Å². The second-order valence-corrected chi connectivity index (χ2v) is 12.3. The van der Waals surface area contributed by atoms with Gasteiger partial charge in [0, 0.05) is 70.1 Å². The van der Waals surface area contributed by atoms with E-state index in [1.165, 1.54) is 12.3 Å². The second-order valence-electron chi connectivity index (χ2n) is 12.3. The van der Waals surface area contributed by atoms with Crippen LogP contribution in [-0.2, 0) is 6.42 Å². The molecule has 0 aliphatic carbocycles. The molecule has 1 amide bonds. The molecule has 2 aliphatic rings. The summed E-state index contributed by atoms with van der Waals surface area (Å²) in [4.78, 5) is 23.5. The molecular formula is C37H41FN4O4. The topological polar surface area (TPSA) is 78.4 Å². The van der Waals surface area contributed by atoms with E-state index < -0.39 is 11.5 Å². The molecule has 1 N–H and O–H groups in total. The number of carbonyl (C=O) groups is 1. The van der Waals surface area contributed by atoms with Gasteiger partial charge in [0.1, 0.15) is 18.1 Å². The van der Waals surface area contributed by atoms with E-state index in [1.807, 2.05) is 67.7 Å². The number of hydrogen-bond acceptors (Lipinski definition) is 7. The highest BCUT2D eigenvalue weighted by molar-refractivity contribution is 5.94. The molecular weight excluding hydrogens is 583 g/mol. The van der Waals surface area contributed by atoms with Crippen molar-refractivity contribution in [2.75, 3.05) is 64.9 Å². The van der Waals surface area contributed by atoms with Crippen LogP contribution in [0.2, 0.25) is 0 Å². The van der Waals surface area contributed by atoms with Crippen molar-refractivity contribution in [2.24, 2.45) is 0 Å². The molecule has 2 bridgehead atoms. The number of fused-ring (bicyclic) bond motifs is 3. The average Bonchev–Trinajstić information content (AvgIpc) is 3.07. The van der Waals surface area contributed by atoms with Crippen LogP contribution in [0, 0.1) is 5.95 Å².